The van der Waals surface area contributed by atoms with Crippen LogP contribution in [0.2, 0.25) is 0 Å². The van der Waals surface area contributed by atoms with Crippen LogP contribution in [0.15, 0.2) is 27.9 Å². The molecule has 0 aromatic heterocycles. The first-order chi connectivity index (χ1) is 11.0. The molecule has 128 valence electrons. The minimum Gasteiger partial charge on any atom is -0.489 e. The summed E-state index contributed by atoms with van der Waals surface area (Å²) in [7, 11) is 0. The number of halogens is 2. The first-order valence-corrected chi connectivity index (χ1v) is 8.01. The SMILES string of the molecule is CCOC(COc1c(C)cc(OCC=C(Cl)Cl)cc1CC)=NO. The van der Waals surface area contributed by atoms with Crippen LogP contribution >= 0.6 is 23.2 Å². The van der Waals surface area contributed by atoms with Crippen molar-refractivity contribution in [3.63, 3.8) is 0 Å². The minimum atomic E-state index is 0.0585. The van der Waals surface area contributed by atoms with Crippen molar-refractivity contribution in [3.8, 4) is 11.5 Å². The predicted molar refractivity (Wildman–Crippen MR) is 92.2 cm³/mol. The van der Waals surface area contributed by atoms with Gasteiger partial charge in [-0.05, 0) is 49.6 Å². The maximum atomic E-state index is 8.85. The van der Waals surface area contributed by atoms with Gasteiger partial charge in [-0.25, -0.2) is 0 Å². The van der Waals surface area contributed by atoms with Crippen molar-refractivity contribution < 1.29 is 19.4 Å². The van der Waals surface area contributed by atoms with Crippen LogP contribution in [0, 0.1) is 6.92 Å². The predicted octanol–water partition coefficient (Wildman–Crippen LogP) is 4.46. The number of hydrogen-bond acceptors (Lipinski definition) is 5. The molecule has 0 bridgehead atoms. The van der Waals surface area contributed by atoms with Crippen molar-refractivity contribution in [2.24, 2.45) is 5.16 Å². The molecular weight excluding hydrogens is 341 g/mol. The monoisotopic (exact) mass is 361 g/mol. The van der Waals surface area contributed by atoms with E-state index in [1.165, 1.54) is 0 Å². The molecule has 23 heavy (non-hydrogen) atoms. The van der Waals surface area contributed by atoms with Crippen LogP contribution in [0.4, 0.5) is 0 Å². The van der Waals surface area contributed by atoms with Gasteiger partial charge in [-0.2, -0.15) is 0 Å². The number of hydrogen-bond donors (Lipinski definition) is 1. The fraction of sp³-hybridized carbons (Fsp3) is 0.438. The Morgan fingerprint density at radius 3 is 2.57 bits per heavy atom. The Morgan fingerprint density at radius 1 is 1.26 bits per heavy atom. The maximum absolute atomic E-state index is 8.85. The molecular formula is C16H21Cl2NO4. The fourth-order valence-corrected chi connectivity index (χ4v) is 2.09. The molecule has 1 aromatic rings. The average molecular weight is 362 g/mol. The van der Waals surface area contributed by atoms with Gasteiger partial charge in [0, 0.05) is 0 Å². The molecule has 0 atom stereocenters. The second-order valence-corrected chi connectivity index (χ2v) is 5.61. The van der Waals surface area contributed by atoms with Crippen LogP contribution in [0.25, 0.3) is 0 Å². The quantitative estimate of drug-likeness (QED) is 0.321. The highest BCUT2D eigenvalue weighted by molar-refractivity contribution is 6.55. The summed E-state index contributed by atoms with van der Waals surface area (Å²) in [5, 5.41) is 11.9. The van der Waals surface area contributed by atoms with Crippen LogP contribution in [-0.4, -0.2) is 30.9 Å². The molecule has 0 amide bonds. The minimum absolute atomic E-state index is 0.0585. The molecule has 0 fully saturated rings. The first-order valence-electron chi connectivity index (χ1n) is 7.25. The zero-order chi connectivity index (χ0) is 17.2. The Labute approximate surface area is 146 Å². The van der Waals surface area contributed by atoms with E-state index in [9.17, 15) is 0 Å². The molecule has 0 radical (unpaired) electrons. The van der Waals surface area contributed by atoms with Crippen LogP contribution in [0.3, 0.4) is 0 Å². The summed E-state index contributed by atoms with van der Waals surface area (Å²) in [5.41, 5.74) is 1.89. The van der Waals surface area contributed by atoms with E-state index in [-0.39, 0.29) is 23.6 Å². The summed E-state index contributed by atoms with van der Waals surface area (Å²) in [5.74, 6) is 1.57. The molecule has 0 heterocycles. The second kappa shape index (κ2) is 10.2. The molecule has 0 saturated heterocycles. The average Bonchev–Trinajstić information content (AvgIpc) is 2.51. The summed E-state index contributed by atoms with van der Waals surface area (Å²) in [6.07, 6.45) is 2.33. The van der Waals surface area contributed by atoms with Gasteiger partial charge in [0.05, 0.1) is 6.61 Å². The highest BCUT2D eigenvalue weighted by atomic mass is 35.5. The normalized spacial score (nSPS) is 11.1. The standard InChI is InChI=1S/C16H21Cl2NO4/c1-4-12-9-13(22-7-6-14(17)18)8-11(3)16(12)23-10-15(19-20)21-5-2/h6,8-9,20H,4-5,7,10H2,1-3H3. The van der Waals surface area contributed by atoms with Gasteiger partial charge in [-0.3, -0.25) is 0 Å². The van der Waals surface area contributed by atoms with Gasteiger partial charge in [0.25, 0.3) is 5.90 Å². The van der Waals surface area contributed by atoms with Crippen molar-refractivity contribution in [3.05, 3.63) is 33.8 Å². The van der Waals surface area contributed by atoms with E-state index in [0.29, 0.717) is 12.4 Å². The van der Waals surface area contributed by atoms with E-state index in [0.717, 1.165) is 23.3 Å². The van der Waals surface area contributed by atoms with Crippen molar-refractivity contribution in [1.29, 1.82) is 0 Å². The number of aryl methyl sites for hydroxylation is 2. The van der Waals surface area contributed by atoms with E-state index in [2.05, 4.69) is 5.16 Å². The summed E-state index contributed by atoms with van der Waals surface area (Å²) in [6, 6.07) is 3.76. The lowest BCUT2D eigenvalue weighted by atomic mass is 10.1. The Bertz CT molecular complexity index is 569. The Hall–Kier alpha value is -1.59. The van der Waals surface area contributed by atoms with Gasteiger partial charge < -0.3 is 19.4 Å². The van der Waals surface area contributed by atoms with Gasteiger partial charge in [-0.15, -0.1) is 0 Å². The molecule has 1 N–H and O–H groups in total. The molecule has 0 aliphatic rings. The lowest BCUT2D eigenvalue weighted by molar-refractivity contribution is 0.233. The molecule has 1 rings (SSSR count). The highest BCUT2D eigenvalue weighted by Gasteiger charge is 2.11. The Morgan fingerprint density at radius 2 is 2.00 bits per heavy atom. The van der Waals surface area contributed by atoms with Crippen LogP contribution in [0.1, 0.15) is 25.0 Å². The zero-order valence-electron chi connectivity index (χ0n) is 13.4. The number of nitrogens with zero attached hydrogens (tertiary/aromatic N) is 1. The van der Waals surface area contributed by atoms with Gasteiger partial charge in [0.15, 0.2) is 6.61 Å². The smallest absolute Gasteiger partial charge is 0.263 e. The van der Waals surface area contributed by atoms with Crippen molar-refractivity contribution in [2.45, 2.75) is 27.2 Å². The Kier molecular flexibility index (Phi) is 8.66. The van der Waals surface area contributed by atoms with E-state index in [1.807, 2.05) is 32.9 Å². The fourth-order valence-electron chi connectivity index (χ4n) is 1.96. The third-order valence-electron chi connectivity index (χ3n) is 2.96. The summed E-state index contributed by atoms with van der Waals surface area (Å²) >= 11 is 11.1. The van der Waals surface area contributed by atoms with Crippen LogP contribution in [-0.2, 0) is 11.2 Å². The number of oxime groups is 1. The van der Waals surface area contributed by atoms with Gasteiger partial charge >= 0.3 is 0 Å². The summed E-state index contributed by atoms with van der Waals surface area (Å²) in [6.45, 7) is 6.50. The highest BCUT2D eigenvalue weighted by Crippen LogP contribution is 2.29. The number of ether oxygens (including phenoxy) is 3. The van der Waals surface area contributed by atoms with Crippen LogP contribution in [0.5, 0.6) is 11.5 Å². The van der Waals surface area contributed by atoms with Crippen molar-refractivity contribution >= 4 is 29.1 Å². The first kappa shape index (κ1) is 19.5. The number of benzene rings is 1. The van der Waals surface area contributed by atoms with Gasteiger partial charge in [0.2, 0.25) is 0 Å². The maximum Gasteiger partial charge on any atom is 0.263 e. The molecule has 0 saturated carbocycles. The third kappa shape index (κ3) is 6.59. The summed E-state index contributed by atoms with van der Waals surface area (Å²) < 4.78 is 16.6. The van der Waals surface area contributed by atoms with E-state index >= 15 is 0 Å². The molecule has 0 aliphatic heterocycles. The zero-order valence-corrected chi connectivity index (χ0v) is 14.9. The molecule has 5 nitrogen and oxygen atoms in total. The van der Waals surface area contributed by atoms with Gasteiger partial charge in [-0.1, -0.05) is 35.3 Å². The second-order valence-electron chi connectivity index (χ2n) is 4.60. The molecule has 0 unspecified atom stereocenters. The van der Waals surface area contributed by atoms with E-state index in [1.54, 1.807) is 6.08 Å². The largest absolute Gasteiger partial charge is 0.489 e. The van der Waals surface area contributed by atoms with E-state index in [4.69, 9.17) is 42.6 Å². The number of rotatable bonds is 8. The molecule has 0 spiro atoms. The third-order valence-corrected chi connectivity index (χ3v) is 3.26. The van der Waals surface area contributed by atoms with Gasteiger partial charge in [0.1, 0.15) is 22.6 Å². The molecule has 1 aromatic carbocycles. The molecule has 0 aliphatic carbocycles. The lowest BCUT2D eigenvalue weighted by Gasteiger charge is -2.16. The topological polar surface area (TPSA) is 60.3 Å². The van der Waals surface area contributed by atoms with E-state index < -0.39 is 0 Å². The Balaban J connectivity index is 2.86. The van der Waals surface area contributed by atoms with Crippen molar-refractivity contribution in [1.82, 2.24) is 0 Å². The van der Waals surface area contributed by atoms with Crippen LogP contribution < -0.4 is 9.47 Å². The van der Waals surface area contributed by atoms with Crippen molar-refractivity contribution in [2.75, 3.05) is 19.8 Å². The summed E-state index contributed by atoms with van der Waals surface area (Å²) in [4.78, 5) is 0. The molecule has 7 heteroatoms. The lowest BCUT2D eigenvalue weighted by Crippen LogP contribution is -2.16.